The lowest BCUT2D eigenvalue weighted by atomic mass is 9.46. The van der Waals surface area contributed by atoms with Crippen LogP contribution in [-0.2, 0) is 4.79 Å². The molecule has 0 bridgehead atoms. The number of carbonyl (C=O) groups excluding carboxylic acids is 1. The van der Waals surface area contributed by atoms with Gasteiger partial charge in [0.1, 0.15) is 5.78 Å². The Labute approximate surface area is 105 Å². The molecule has 2 nitrogen and oxygen atoms in total. The molecule has 0 radical (unpaired) electrons. The van der Waals surface area contributed by atoms with Gasteiger partial charge in [0.15, 0.2) is 0 Å². The molecule has 0 aromatic heterocycles. The average molecular weight is 238 g/mol. The van der Waals surface area contributed by atoms with Crippen molar-refractivity contribution >= 4 is 5.78 Å². The minimum absolute atomic E-state index is 0.0721. The van der Waals surface area contributed by atoms with Crippen LogP contribution >= 0.6 is 0 Å². The molecule has 0 saturated heterocycles. The van der Waals surface area contributed by atoms with Crippen LogP contribution < -0.4 is 0 Å². The predicted molar refractivity (Wildman–Crippen MR) is 68.6 cm³/mol. The van der Waals surface area contributed by atoms with E-state index in [1.165, 1.54) is 12.8 Å². The predicted octanol–water partition coefficient (Wildman–Crippen LogP) is 3.04. The first-order valence-corrected chi connectivity index (χ1v) is 6.97. The Morgan fingerprint density at radius 3 is 2.47 bits per heavy atom. The highest BCUT2D eigenvalue weighted by Gasteiger charge is 2.56. The van der Waals surface area contributed by atoms with Crippen molar-refractivity contribution in [1.82, 2.24) is 0 Å². The number of rotatable bonds is 1. The molecule has 0 aromatic rings. The third kappa shape index (κ3) is 1.76. The van der Waals surface area contributed by atoms with Crippen LogP contribution in [0.15, 0.2) is 0 Å². The first-order valence-electron chi connectivity index (χ1n) is 6.97. The van der Waals surface area contributed by atoms with Gasteiger partial charge in [-0.15, -0.1) is 0 Å². The molecule has 2 fully saturated rings. The third-order valence-corrected chi connectivity index (χ3v) is 6.27. The number of Topliss-reactive ketones (excluding diaryl/α,β-unsaturated/α-hetero) is 1. The first-order chi connectivity index (χ1) is 7.84. The lowest BCUT2D eigenvalue weighted by molar-refractivity contribution is -0.150. The summed E-state index contributed by atoms with van der Waals surface area (Å²) in [4.78, 5) is 11.9. The fraction of sp³-hybridized carbons (Fsp3) is 0.933. The second-order valence-electron chi connectivity index (χ2n) is 7.01. The Hall–Kier alpha value is -0.370. The molecular formula is C15H26O2. The number of aliphatic hydroxyl groups is 1. The molecule has 1 N–H and O–H groups in total. The van der Waals surface area contributed by atoms with Gasteiger partial charge in [0, 0.05) is 19.4 Å². The second kappa shape index (κ2) is 4.08. The van der Waals surface area contributed by atoms with Crippen molar-refractivity contribution in [2.45, 2.75) is 53.4 Å². The molecule has 2 aliphatic carbocycles. The quantitative estimate of drug-likeness (QED) is 0.762. The highest BCUT2D eigenvalue weighted by molar-refractivity contribution is 5.80. The van der Waals surface area contributed by atoms with E-state index in [2.05, 4.69) is 27.7 Å². The van der Waals surface area contributed by atoms with Crippen molar-refractivity contribution in [2.75, 3.05) is 6.61 Å². The molecule has 0 aromatic carbocycles. The molecule has 2 heteroatoms. The fourth-order valence-corrected chi connectivity index (χ4v) is 4.34. The minimum atomic E-state index is -0.0721. The Kier molecular flexibility index (Phi) is 3.14. The number of fused-ring (bicyclic) bond motifs is 1. The lowest BCUT2D eigenvalue weighted by Crippen LogP contribution is -2.55. The molecule has 98 valence electrons. The summed E-state index contributed by atoms with van der Waals surface area (Å²) in [5.74, 6) is 1.74. The Morgan fingerprint density at radius 1 is 1.24 bits per heavy atom. The van der Waals surface area contributed by atoms with Crippen LogP contribution in [0.1, 0.15) is 53.4 Å². The molecule has 0 spiro atoms. The van der Waals surface area contributed by atoms with E-state index in [-0.39, 0.29) is 17.4 Å². The van der Waals surface area contributed by atoms with E-state index in [4.69, 9.17) is 0 Å². The van der Waals surface area contributed by atoms with Crippen LogP contribution in [0.4, 0.5) is 0 Å². The summed E-state index contributed by atoms with van der Waals surface area (Å²) in [5, 5.41) is 9.84. The van der Waals surface area contributed by atoms with Gasteiger partial charge in [-0.05, 0) is 41.4 Å². The highest BCUT2D eigenvalue weighted by Crippen LogP contribution is 2.60. The summed E-state index contributed by atoms with van der Waals surface area (Å²) in [7, 11) is 0. The normalized spacial score (nSPS) is 51.1. The molecule has 2 saturated carbocycles. The zero-order valence-corrected chi connectivity index (χ0v) is 11.6. The van der Waals surface area contributed by atoms with Crippen LogP contribution in [0.3, 0.4) is 0 Å². The molecule has 2 aliphatic rings. The number of carbonyl (C=O) groups is 1. The Bertz CT molecular complexity index is 321. The van der Waals surface area contributed by atoms with Crippen molar-refractivity contribution in [1.29, 1.82) is 0 Å². The van der Waals surface area contributed by atoms with E-state index in [1.807, 2.05) is 0 Å². The van der Waals surface area contributed by atoms with Crippen LogP contribution in [0.25, 0.3) is 0 Å². The maximum Gasteiger partial charge on any atom is 0.133 e. The van der Waals surface area contributed by atoms with Crippen LogP contribution in [0.5, 0.6) is 0 Å². The fourth-order valence-electron chi connectivity index (χ4n) is 4.34. The van der Waals surface area contributed by atoms with Crippen molar-refractivity contribution in [3.8, 4) is 0 Å². The molecule has 0 unspecified atom stereocenters. The number of ketones is 1. The van der Waals surface area contributed by atoms with E-state index in [0.717, 1.165) is 6.42 Å². The smallest absolute Gasteiger partial charge is 0.133 e. The number of hydrogen-bond acceptors (Lipinski definition) is 2. The summed E-state index contributed by atoms with van der Waals surface area (Å²) in [6.07, 6.45) is 3.82. The standard InChI is InChI=1S/C15H26O2/c1-10-5-6-14(3)11(2)7-12(17)8-13(14)15(10,4)9-16/h10-11,13,16H,5-9H2,1-4H3/t10-,11-,13+,14-,15+/m1/s1. The number of hydrogen-bond donors (Lipinski definition) is 1. The van der Waals surface area contributed by atoms with Gasteiger partial charge in [0.05, 0.1) is 0 Å². The lowest BCUT2D eigenvalue weighted by Gasteiger charge is -2.59. The molecule has 0 heterocycles. The summed E-state index contributed by atoms with van der Waals surface area (Å²) in [6.45, 7) is 9.20. The van der Waals surface area contributed by atoms with Gasteiger partial charge in [-0.1, -0.05) is 27.7 Å². The molecule has 0 amide bonds. The molecule has 17 heavy (non-hydrogen) atoms. The number of aliphatic hydroxyl groups excluding tert-OH is 1. The highest BCUT2D eigenvalue weighted by atomic mass is 16.3. The van der Waals surface area contributed by atoms with Gasteiger partial charge in [0.25, 0.3) is 0 Å². The largest absolute Gasteiger partial charge is 0.396 e. The zero-order valence-electron chi connectivity index (χ0n) is 11.6. The SMILES string of the molecule is C[C@@H]1CC(=O)C[C@H]2[C@]1(C)CC[C@@H](C)[C@]2(C)CO. The monoisotopic (exact) mass is 238 g/mol. The van der Waals surface area contributed by atoms with Crippen molar-refractivity contribution in [2.24, 2.45) is 28.6 Å². The van der Waals surface area contributed by atoms with E-state index in [9.17, 15) is 9.90 Å². The first kappa shape index (κ1) is 13.1. The van der Waals surface area contributed by atoms with Gasteiger partial charge in [-0.25, -0.2) is 0 Å². The van der Waals surface area contributed by atoms with E-state index in [1.54, 1.807) is 0 Å². The van der Waals surface area contributed by atoms with Crippen molar-refractivity contribution in [3.05, 3.63) is 0 Å². The second-order valence-corrected chi connectivity index (χ2v) is 7.01. The van der Waals surface area contributed by atoms with E-state index in [0.29, 0.717) is 30.0 Å². The van der Waals surface area contributed by atoms with Gasteiger partial charge in [-0.3, -0.25) is 4.79 Å². The van der Waals surface area contributed by atoms with Crippen LogP contribution in [-0.4, -0.2) is 17.5 Å². The Morgan fingerprint density at radius 2 is 1.88 bits per heavy atom. The van der Waals surface area contributed by atoms with Crippen LogP contribution in [0.2, 0.25) is 0 Å². The maximum absolute atomic E-state index is 11.9. The van der Waals surface area contributed by atoms with Gasteiger partial charge in [0.2, 0.25) is 0 Å². The average Bonchev–Trinajstić information content (AvgIpc) is 2.28. The molecular weight excluding hydrogens is 212 g/mol. The Balaban J connectivity index is 2.39. The summed E-state index contributed by atoms with van der Waals surface area (Å²) in [6, 6.07) is 0. The summed E-state index contributed by atoms with van der Waals surface area (Å²) in [5.41, 5.74) is 0.176. The molecule has 0 aliphatic heterocycles. The minimum Gasteiger partial charge on any atom is -0.396 e. The van der Waals surface area contributed by atoms with Gasteiger partial charge >= 0.3 is 0 Å². The van der Waals surface area contributed by atoms with E-state index < -0.39 is 0 Å². The topological polar surface area (TPSA) is 37.3 Å². The van der Waals surface area contributed by atoms with Gasteiger partial charge < -0.3 is 5.11 Å². The summed E-state index contributed by atoms with van der Waals surface area (Å²) < 4.78 is 0. The van der Waals surface area contributed by atoms with Crippen molar-refractivity contribution in [3.63, 3.8) is 0 Å². The molecule has 2 rings (SSSR count). The van der Waals surface area contributed by atoms with Crippen LogP contribution in [0, 0.1) is 28.6 Å². The summed E-state index contributed by atoms with van der Waals surface area (Å²) >= 11 is 0. The third-order valence-electron chi connectivity index (χ3n) is 6.27. The maximum atomic E-state index is 11.9. The van der Waals surface area contributed by atoms with Gasteiger partial charge in [-0.2, -0.15) is 0 Å². The van der Waals surface area contributed by atoms with E-state index >= 15 is 0 Å². The molecule has 5 atom stereocenters. The zero-order chi connectivity index (χ0) is 12.8. The van der Waals surface area contributed by atoms with Crippen molar-refractivity contribution < 1.29 is 9.90 Å².